The first-order valence-electron chi connectivity index (χ1n) is 11.9. The minimum absolute atomic E-state index is 0.147. The van der Waals surface area contributed by atoms with E-state index in [0.29, 0.717) is 22.8 Å². The first kappa shape index (κ1) is 18.7. The van der Waals surface area contributed by atoms with Gasteiger partial charge in [-0.1, -0.05) is 51.3 Å². The Morgan fingerprint density at radius 2 is 1.75 bits per heavy atom. The van der Waals surface area contributed by atoms with Crippen molar-refractivity contribution in [2.24, 2.45) is 34.5 Å². The van der Waals surface area contributed by atoms with Gasteiger partial charge in [-0.15, -0.1) is 0 Å². The lowest BCUT2D eigenvalue weighted by Crippen LogP contribution is -2.61. The van der Waals surface area contributed by atoms with E-state index in [2.05, 4.69) is 19.2 Å². The van der Waals surface area contributed by atoms with Crippen molar-refractivity contribution in [1.29, 1.82) is 0 Å². The second kappa shape index (κ2) is 6.89. The molecule has 152 valence electrons. The van der Waals surface area contributed by atoms with Crippen molar-refractivity contribution in [2.45, 2.75) is 84.1 Å². The third-order valence-electron chi connectivity index (χ3n) is 9.77. The Morgan fingerprint density at radius 1 is 0.929 bits per heavy atom. The lowest BCUT2D eigenvalue weighted by Gasteiger charge is -2.62. The molecule has 1 N–H and O–H groups in total. The van der Waals surface area contributed by atoms with E-state index in [9.17, 15) is 4.79 Å². The molecule has 0 radical (unpaired) electrons. The number of carbonyl (C=O) groups is 1. The molecule has 0 aliphatic heterocycles. The zero-order valence-corrected chi connectivity index (χ0v) is 17.8. The van der Waals surface area contributed by atoms with Gasteiger partial charge in [0.15, 0.2) is 0 Å². The molecule has 5 rings (SSSR count). The molecular formula is C26H37NO. The molecule has 2 nitrogen and oxygen atoms in total. The van der Waals surface area contributed by atoms with E-state index in [1.165, 1.54) is 64.2 Å². The average molecular weight is 380 g/mol. The highest BCUT2D eigenvalue weighted by molar-refractivity contribution is 5.94. The summed E-state index contributed by atoms with van der Waals surface area (Å²) in [5.41, 5.74) is 1.86. The van der Waals surface area contributed by atoms with Gasteiger partial charge in [0.25, 0.3) is 5.91 Å². The zero-order valence-electron chi connectivity index (χ0n) is 17.8. The van der Waals surface area contributed by atoms with Crippen molar-refractivity contribution in [3.05, 3.63) is 35.9 Å². The van der Waals surface area contributed by atoms with Gasteiger partial charge in [-0.05, 0) is 91.6 Å². The maximum Gasteiger partial charge on any atom is 0.251 e. The molecule has 0 saturated heterocycles. The van der Waals surface area contributed by atoms with Crippen LogP contribution in [0.4, 0.5) is 0 Å². The Morgan fingerprint density at radius 3 is 2.57 bits per heavy atom. The number of fused-ring (bicyclic) bond motifs is 5. The number of nitrogens with one attached hydrogen (secondary N) is 1. The fourth-order valence-corrected chi connectivity index (χ4v) is 8.28. The van der Waals surface area contributed by atoms with Gasteiger partial charge in [-0.25, -0.2) is 0 Å². The van der Waals surface area contributed by atoms with Gasteiger partial charge in [-0.2, -0.15) is 0 Å². The van der Waals surface area contributed by atoms with E-state index in [1.54, 1.807) is 0 Å². The Balaban J connectivity index is 1.47. The Hall–Kier alpha value is -1.31. The van der Waals surface area contributed by atoms with Crippen LogP contribution < -0.4 is 5.32 Å². The number of rotatable bonds is 2. The summed E-state index contributed by atoms with van der Waals surface area (Å²) in [5, 5.41) is 3.58. The van der Waals surface area contributed by atoms with Crippen molar-refractivity contribution in [3.8, 4) is 0 Å². The molecule has 1 aromatic carbocycles. The van der Waals surface area contributed by atoms with E-state index in [0.717, 1.165) is 23.3 Å². The average Bonchev–Trinajstić information content (AvgIpc) is 3.10. The maximum atomic E-state index is 13.1. The van der Waals surface area contributed by atoms with E-state index >= 15 is 0 Å². The minimum atomic E-state index is 0.147. The smallest absolute Gasteiger partial charge is 0.251 e. The summed E-state index contributed by atoms with van der Waals surface area (Å²) in [6, 6.07) is 10.2. The fraction of sp³-hybridized carbons (Fsp3) is 0.731. The van der Waals surface area contributed by atoms with Crippen molar-refractivity contribution >= 4 is 5.91 Å². The van der Waals surface area contributed by atoms with Gasteiger partial charge in [-0.3, -0.25) is 4.79 Å². The summed E-state index contributed by atoms with van der Waals surface area (Å²) in [4.78, 5) is 13.1. The fourth-order valence-electron chi connectivity index (χ4n) is 8.28. The van der Waals surface area contributed by atoms with Gasteiger partial charge in [0, 0.05) is 11.6 Å². The van der Waals surface area contributed by atoms with Gasteiger partial charge >= 0.3 is 0 Å². The highest BCUT2D eigenvalue weighted by atomic mass is 16.1. The second-order valence-corrected chi connectivity index (χ2v) is 11.0. The standard InChI is InChI=1S/C26H37NO/c1-25-14-8-12-20(25)23-21(13-16-25)26(2)15-7-6-11-19(26)17-22(23)27-24(28)18-9-4-3-5-10-18/h3-5,9-10,19-23H,6-8,11-17H2,1-2H3,(H,27,28)/t19?,20-,21+,22?,23-,25-,26-/m0/s1. The molecule has 28 heavy (non-hydrogen) atoms. The van der Waals surface area contributed by atoms with Gasteiger partial charge in [0.05, 0.1) is 0 Å². The van der Waals surface area contributed by atoms with Crippen LogP contribution in [0.15, 0.2) is 30.3 Å². The van der Waals surface area contributed by atoms with E-state index in [1.807, 2.05) is 30.3 Å². The minimum Gasteiger partial charge on any atom is -0.349 e. The number of benzene rings is 1. The number of hydrogen-bond acceptors (Lipinski definition) is 1. The van der Waals surface area contributed by atoms with Crippen LogP contribution in [-0.4, -0.2) is 11.9 Å². The summed E-state index contributed by atoms with van der Waals surface area (Å²) in [6.07, 6.45) is 13.8. The predicted octanol–water partition coefficient (Wildman–Crippen LogP) is 6.22. The maximum absolute atomic E-state index is 13.1. The van der Waals surface area contributed by atoms with Crippen LogP contribution in [0.2, 0.25) is 0 Å². The Bertz CT molecular complexity index is 729. The van der Waals surface area contributed by atoms with E-state index < -0.39 is 0 Å². The number of amides is 1. The zero-order chi connectivity index (χ0) is 19.4. The SMILES string of the molecule is C[C@@]12CCC[C@H]1[C@@H]1C(NC(=O)c3ccccc3)CC3CCCC[C@]3(C)[C@@H]1CC2. The van der Waals surface area contributed by atoms with Crippen LogP contribution in [0.5, 0.6) is 0 Å². The molecule has 0 spiro atoms. The van der Waals surface area contributed by atoms with E-state index in [4.69, 9.17) is 0 Å². The Kier molecular flexibility index (Phi) is 4.60. The van der Waals surface area contributed by atoms with Crippen molar-refractivity contribution in [1.82, 2.24) is 5.32 Å². The van der Waals surface area contributed by atoms with E-state index in [-0.39, 0.29) is 5.91 Å². The quantitative estimate of drug-likeness (QED) is 0.649. The summed E-state index contributed by atoms with van der Waals surface area (Å²) >= 11 is 0. The summed E-state index contributed by atoms with van der Waals surface area (Å²) in [5.74, 6) is 3.26. The van der Waals surface area contributed by atoms with Crippen LogP contribution in [-0.2, 0) is 0 Å². The van der Waals surface area contributed by atoms with Gasteiger partial charge in [0.2, 0.25) is 0 Å². The molecule has 2 unspecified atom stereocenters. The molecule has 0 aromatic heterocycles. The molecule has 7 atom stereocenters. The van der Waals surface area contributed by atoms with Gasteiger partial charge in [0.1, 0.15) is 0 Å². The first-order chi connectivity index (χ1) is 13.5. The summed E-state index contributed by atoms with van der Waals surface area (Å²) < 4.78 is 0. The van der Waals surface area contributed by atoms with Crippen molar-refractivity contribution < 1.29 is 4.79 Å². The van der Waals surface area contributed by atoms with Crippen LogP contribution in [0.25, 0.3) is 0 Å². The highest BCUT2D eigenvalue weighted by Gasteiger charge is 2.60. The second-order valence-electron chi connectivity index (χ2n) is 11.0. The monoisotopic (exact) mass is 379 g/mol. The Labute approximate surface area is 170 Å². The molecule has 4 fully saturated rings. The number of carbonyl (C=O) groups excluding carboxylic acids is 1. The lowest BCUT2D eigenvalue weighted by molar-refractivity contribution is -0.116. The van der Waals surface area contributed by atoms with Gasteiger partial charge < -0.3 is 5.32 Å². The normalized spacial score (nSPS) is 44.9. The highest BCUT2D eigenvalue weighted by Crippen LogP contribution is 2.66. The molecule has 1 aromatic rings. The lowest BCUT2D eigenvalue weighted by atomic mass is 9.44. The molecule has 1 amide bonds. The van der Waals surface area contributed by atoms with Crippen molar-refractivity contribution in [2.75, 3.05) is 0 Å². The largest absolute Gasteiger partial charge is 0.349 e. The summed E-state index contributed by atoms with van der Waals surface area (Å²) in [6.45, 7) is 5.19. The molecule has 4 aliphatic rings. The predicted molar refractivity (Wildman–Crippen MR) is 114 cm³/mol. The number of hydrogen-bond donors (Lipinski definition) is 1. The third-order valence-corrected chi connectivity index (χ3v) is 9.77. The molecule has 4 saturated carbocycles. The molecule has 4 aliphatic carbocycles. The van der Waals surface area contributed by atoms with Crippen molar-refractivity contribution in [3.63, 3.8) is 0 Å². The van der Waals surface area contributed by atoms with Crippen LogP contribution in [0.3, 0.4) is 0 Å². The molecule has 2 heteroatoms. The third kappa shape index (κ3) is 2.85. The van der Waals surface area contributed by atoms with Crippen LogP contribution in [0.1, 0.15) is 88.4 Å². The molecular weight excluding hydrogens is 342 g/mol. The topological polar surface area (TPSA) is 29.1 Å². The molecule has 0 heterocycles. The first-order valence-corrected chi connectivity index (χ1v) is 11.9. The van der Waals surface area contributed by atoms with Crippen LogP contribution >= 0.6 is 0 Å². The van der Waals surface area contributed by atoms with Crippen LogP contribution in [0, 0.1) is 34.5 Å². The molecule has 0 bridgehead atoms. The summed E-state index contributed by atoms with van der Waals surface area (Å²) in [7, 11) is 0.